The van der Waals surface area contributed by atoms with Gasteiger partial charge in [-0.3, -0.25) is 9.36 Å². The first kappa shape index (κ1) is 14.3. The van der Waals surface area contributed by atoms with Gasteiger partial charge in [-0.1, -0.05) is 19.9 Å². The van der Waals surface area contributed by atoms with Crippen molar-refractivity contribution in [1.82, 2.24) is 9.55 Å². The number of rotatable bonds is 5. The molecule has 0 fully saturated rings. The lowest BCUT2D eigenvalue weighted by atomic mass is 10.2. The maximum absolute atomic E-state index is 12.6. The van der Waals surface area contributed by atoms with Crippen LogP contribution in [0.2, 0.25) is 0 Å². The van der Waals surface area contributed by atoms with Crippen molar-refractivity contribution >= 4 is 33.5 Å². The summed E-state index contributed by atoms with van der Waals surface area (Å²) in [6, 6.07) is 6.12. The van der Waals surface area contributed by atoms with Crippen LogP contribution in [0.25, 0.3) is 10.9 Å². The molecular weight excluding hydrogens is 355 g/mol. The average Bonchev–Trinajstić information content (AvgIpc) is 2.40. The molecule has 0 radical (unpaired) electrons. The Kier molecular flexibility index (Phi) is 4.79. The first-order valence-electron chi connectivity index (χ1n) is 6.50. The number of aromatic nitrogens is 2. The molecule has 0 aliphatic rings. The molecule has 0 N–H and O–H groups in total. The molecule has 4 nitrogen and oxygen atoms in total. The van der Waals surface area contributed by atoms with Crippen molar-refractivity contribution in [3.8, 4) is 6.01 Å². The third-order valence-electron chi connectivity index (χ3n) is 2.78. The Morgan fingerprint density at radius 1 is 1.32 bits per heavy atom. The fourth-order valence-electron chi connectivity index (χ4n) is 1.93. The van der Waals surface area contributed by atoms with E-state index in [1.807, 2.05) is 32.0 Å². The molecule has 0 spiro atoms. The zero-order valence-electron chi connectivity index (χ0n) is 11.1. The first-order chi connectivity index (χ1) is 9.19. The minimum absolute atomic E-state index is 0.0112. The summed E-state index contributed by atoms with van der Waals surface area (Å²) in [5.74, 6) is 0. The van der Waals surface area contributed by atoms with Crippen molar-refractivity contribution in [2.75, 3.05) is 6.61 Å². The summed E-state index contributed by atoms with van der Waals surface area (Å²) >= 11 is 2.18. The summed E-state index contributed by atoms with van der Waals surface area (Å²) in [6.07, 6.45) is 1.77. The quantitative estimate of drug-likeness (QED) is 0.758. The van der Waals surface area contributed by atoms with E-state index < -0.39 is 0 Å². The van der Waals surface area contributed by atoms with Gasteiger partial charge in [-0.25, -0.2) is 0 Å². The highest BCUT2D eigenvalue weighted by molar-refractivity contribution is 14.1. The number of nitrogens with zero attached hydrogens (tertiary/aromatic N) is 2. The molecule has 0 amide bonds. The molecule has 2 aromatic rings. The molecule has 2 rings (SSSR count). The van der Waals surface area contributed by atoms with Crippen molar-refractivity contribution in [3.05, 3.63) is 32.1 Å². The molecule has 0 saturated carbocycles. The number of ether oxygens (including phenoxy) is 1. The minimum atomic E-state index is -0.0112. The van der Waals surface area contributed by atoms with Gasteiger partial charge in [-0.15, -0.1) is 0 Å². The maximum Gasteiger partial charge on any atom is 0.299 e. The normalized spacial score (nSPS) is 10.9. The minimum Gasteiger partial charge on any atom is -0.465 e. The molecule has 5 heteroatoms. The average molecular weight is 372 g/mol. The number of hydrogen-bond donors (Lipinski definition) is 0. The van der Waals surface area contributed by atoms with Crippen LogP contribution in [0, 0.1) is 3.57 Å². The van der Waals surface area contributed by atoms with E-state index in [4.69, 9.17) is 4.74 Å². The fourth-order valence-corrected chi connectivity index (χ4v) is 2.64. The molecule has 19 heavy (non-hydrogen) atoms. The van der Waals surface area contributed by atoms with Gasteiger partial charge in [-0.2, -0.15) is 4.98 Å². The lowest BCUT2D eigenvalue weighted by molar-refractivity contribution is 0.272. The topological polar surface area (TPSA) is 44.1 Å². The van der Waals surface area contributed by atoms with Crippen LogP contribution in [-0.4, -0.2) is 16.2 Å². The molecule has 0 bridgehead atoms. The van der Waals surface area contributed by atoms with Gasteiger partial charge in [0.1, 0.15) is 0 Å². The molecular formula is C14H17IN2O2. The van der Waals surface area contributed by atoms with Gasteiger partial charge >= 0.3 is 0 Å². The number of halogens is 1. The second-order valence-corrected chi connectivity index (χ2v) is 5.50. The van der Waals surface area contributed by atoms with E-state index in [0.29, 0.717) is 30.1 Å². The SMILES string of the molecule is CCCOc1nc2cccc(I)c2c(=O)n1CCC. The monoisotopic (exact) mass is 372 g/mol. The molecule has 0 aliphatic heterocycles. The van der Waals surface area contributed by atoms with Crippen LogP contribution in [0.15, 0.2) is 23.0 Å². The van der Waals surface area contributed by atoms with Gasteiger partial charge in [0, 0.05) is 10.1 Å². The third-order valence-corrected chi connectivity index (χ3v) is 3.68. The van der Waals surface area contributed by atoms with E-state index >= 15 is 0 Å². The summed E-state index contributed by atoms with van der Waals surface area (Å²) in [4.78, 5) is 17.1. The van der Waals surface area contributed by atoms with Gasteiger partial charge < -0.3 is 4.74 Å². The molecule has 1 heterocycles. The third kappa shape index (κ3) is 2.91. The van der Waals surface area contributed by atoms with Crippen molar-refractivity contribution < 1.29 is 4.74 Å². The predicted octanol–water partition coefficient (Wildman–Crippen LogP) is 3.20. The highest BCUT2D eigenvalue weighted by atomic mass is 127. The summed E-state index contributed by atoms with van der Waals surface area (Å²) < 4.78 is 8.19. The standard InChI is InChI=1S/C14H17IN2O2/c1-3-8-17-13(18)12-10(15)6-5-7-11(12)16-14(17)19-9-4-2/h5-7H,3-4,8-9H2,1-2H3. The summed E-state index contributed by atoms with van der Waals surface area (Å²) in [6.45, 7) is 5.28. The van der Waals surface area contributed by atoms with Crippen molar-refractivity contribution in [1.29, 1.82) is 0 Å². The van der Waals surface area contributed by atoms with Crippen LogP contribution >= 0.6 is 22.6 Å². The van der Waals surface area contributed by atoms with Crippen LogP contribution < -0.4 is 10.3 Å². The lowest BCUT2D eigenvalue weighted by Crippen LogP contribution is -2.24. The largest absolute Gasteiger partial charge is 0.465 e. The second kappa shape index (κ2) is 6.36. The second-order valence-electron chi connectivity index (χ2n) is 4.33. The highest BCUT2D eigenvalue weighted by Gasteiger charge is 2.13. The van der Waals surface area contributed by atoms with E-state index in [1.54, 1.807) is 4.57 Å². The molecule has 102 valence electrons. The van der Waals surface area contributed by atoms with E-state index in [2.05, 4.69) is 27.6 Å². The van der Waals surface area contributed by atoms with Crippen LogP contribution in [0.3, 0.4) is 0 Å². The van der Waals surface area contributed by atoms with Crippen molar-refractivity contribution in [2.45, 2.75) is 33.2 Å². The summed E-state index contributed by atoms with van der Waals surface area (Å²) in [5, 5.41) is 0.681. The van der Waals surface area contributed by atoms with E-state index in [0.717, 1.165) is 16.4 Å². The Bertz CT molecular complexity index is 637. The first-order valence-corrected chi connectivity index (χ1v) is 7.58. The smallest absolute Gasteiger partial charge is 0.299 e. The number of fused-ring (bicyclic) bond motifs is 1. The molecule has 0 atom stereocenters. The zero-order chi connectivity index (χ0) is 13.8. The van der Waals surface area contributed by atoms with Gasteiger partial charge in [-0.05, 0) is 47.6 Å². The maximum atomic E-state index is 12.6. The van der Waals surface area contributed by atoms with E-state index in [-0.39, 0.29) is 5.56 Å². The van der Waals surface area contributed by atoms with Gasteiger partial charge in [0.05, 0.1) is 17.5 Å². The molecule has 0 unspecified atom stereocenters. The molecule has 1 aromatic carbocycles. The Hall–Kier alpha value is -1.11. The fraction of sp³-hybridized carbons (Fsp3) is 0.429. The van der Waals surface area contributed by atoms with Gasteiger partial charge in [0.15, 0.2) is 0 Å². The Morgan fingerprint density at radius 2 is 2.11 bits per heavy atom. The van der Waals surface area contributed by atoms with Crippen molar-refractivity contribution in [3.63, 3.8) is 0 Å². The molecule has 0 aliphatic carbocycles. The van der Waals surface area contributed by atoms with Gasteiger partial charge in [0.25, 0.3) is 11.6 Å². The van der Waals surface area contributed by atoms with Crippen LogP contribution in [-0.2, 0) is 6.54 Å². The molecule has 1 aromatic heterocycles. The van der Waals surface area contributed by atoms with Gasteiger partial charge in [0.2, 0.25) is 0 Å². The number of hydrogen-bond acceptors (Lipinski definition) is 3. The zero-order valence-corrected chi connectivity index (χ0v) is 13.3. The highest BCUT2D eigenvalue weighted by Crippen LogP contribution is 2.18. The molecule has 0 saturated heterocycles. The number of benzene rings is 1. The van der Waals surface area contributed by atoms with E-state index in [1.165, 1.54) is 0 Å². The Labute approximate surface area is 125 Å². The summed E-state index contributed by atoms with van der Waals surface area (Å²) in [7, 11) is 0. The lowest BCUT2D eigenvalue weighted by Gasteiger charge is -2.13. The summed E-state index contributed by atoms with van der Waals surface area (Å²) in [5.41, 5.74) is 0.693. The van der Waals surface area contributed by atoms with Crippen LogP contribution in [0.1, 0.15) is 26.7 Å². The van der Waals surface area contributed by atoms with E-state index in [9.17, 15) is 4.79 Å². The predicted molar refractivity (Wildman–Crippen MR) is 84.8 cm³/mol. The Balaban J connectivity index is 2.67. The Morgan fingerprint density at radius 3 is 2.79 bits per heavy atom. The van der Waals surface area contributed by atoms with Crippen molar-refractivity contribution in [2.24, 2.45) is 0 Å². The van der Waals surface area contributed by atoms with Crippen LogP contribution in [0.5, 0.6) is 6.01 Å². The van der Waals surface area contributed by atoms with Crippen LogP contribution in [0.4, 0.5) is 0 Å².